The van der Waals surface area contributed by atoms with Crippen LogP contribution in [0.25, 0.3) is 0 Å². The highest BCUT2D eigenvalue weighted by Gasteiger charge is 2.18. The van der Waals surface area contributed by atoms with E-state index in [1.165, 1.54) is 0 Å². The number of aryl methyl sites for hydroxylation is 2. The largest absolute Gasteiger partial charge is 0.496 e. The van der Waals surface area contributed by atoms with E-state index in [4.69, 9.17) is 21.1 Å². The predicted molar refractivity (Wildman–Crippen MR) is 117 cm³/mol. The molecule has 0 spiro atoms. The number of amides is 1. The summed E-state index contributed by atoms with van der Waals surface area (Å²) in [5.41, 5.74) is 3.99. The van der Waals surface area contributed by atoms with E-state index in [0.29, 0.717) is 28.6 Å². The van der Waals surface area contributed by atoms with Crippen LogP contribution in [0.15, 0.2) is 43.5 Å². The minimum absolute atomic E-state index is 0.250. The summed E-state index contributed by atoms with van der Waals surface area (Å²) in [7, 11) is 3.13. The van der Waals surface area contributed by atoms with Crippen molar-refractivity contribution in [2.24, 2.45) is 0 Å². The van der Waals surface area contributed by atoms with Gasteiger partial charge in [0, 0.05) is 34.0 Å². The van der Waals surface area contributed by atoms with Crippen molar-refractivity contribution in [3.63, 3.8) is 0 Å². The number of carbonyl (C=O) groups excluding carboxylic acids is 1. The lowest BCUT2D eigenvalue weighted by molar-refractivity contribution is 0.0949. The van der Waals surface area contributed by atoms with Crippen LogP contribution in [0.4, 0.5) is 0 Å². The second kappa shape index (κ2) is 10.7. The highest BCUT2D eigenvalue weighted by Crippen LogP contribution is 2.29. The molecule has 2 rings (SSSR count). The molecular weight excluding hydrogens is 388 g/mol. The topological polar surface area (TPSA) is 60.5 Å². The van der Waals surface area contributed by atoms with Gasteiger partial charge in [0.05, 0.1) is 14.2 Å². The molecule has 6 heteroatoms. The van der Waals surface area contributed by atoms with Gasteiger partial charge in [0.25, 0.3) is 5.91 Å². The number of halogens is 1. The Bertz CT molecular complexity index is 909. The molecule has 1 heterocycles. The first-order chi connectivity index (χ1) is 13.9. The molecule has 2 aromatic rings. The lowest BCUT2D eigenvalue weighted by Gasteiger charge is -2.17. The number of nitrogens with one attached hydrogen (secondary N) is 1. The number of hydrogen-bond donors (Lipinski definition) is 1. The highest BCUT2D eigenvalue weighted by molar-refractivity contribution is 6.31. The maximum atomic E-state index is 13.0. The Labute approximate surface area is 177 Å². The molecule has 0 aliphatic heterocycles. The van der Waals surface area contributed by atoms with Gasteiger partial charge in [0.2, 0.25) is 5.88 Å². The Kier molecular flexibility index (Phi) is 8.28. The summed E-state index contributed by atoms with van der Waals surface area (Å²) in [4.78, 5) is 17.4. The van der Waals surface area contributed by atoms with Gasteiger partial charge in [-0.3, -0.25) is 4.79 Å². The van der Waals surface area contributed by atoms with Crippen molar-refractivity contribution in [1.29, 1.82) is 0 Å². The molecule has 0 aliphatic rings. The van der Waals surface area contributed by atoms with Crippen LogP contribution in [0.5, 0.6) is 11.6 Å². The third kappa shape index (κ3) is 5.61. The van der Waals surface area contributed by atoms with E-state index in [-0.39, 0.29) is 12.5 Å². The fraction of sp³-hybridized carbons (Fsp3) is 0.304. The fourth-order valence-electron chi connectivity index (χ4n) is 3.19. The number of aromatic nitrogens is 1. The summed E-state index contributed by atoms with van der Waals surface area (Å²) in [6, 6.07) is 5.35. The van der Waals surface area contributed by atoms with Crippen LogP contribution in [-0.2, 0) is 19.4 Å². The zero-order chi connectivity index (χ0) is 21.4. The molecule has 0 saturated heterocycles. The first-order valence-corrected chi connectivity index (χ1v) is 9.72. The molecule has 0 atom stereocenters. The summed E-state index contributed by atoms with van der Waals surface area (Å²) in [6.45, 7) is 9.75. The molecule has 0 fully saturated rings. The minimum atomic E-state index is -0.250. The lowest BCUT2D eigenvalue weighted by Crippen LogP contribution is -2.25. The third-order valence-corrected chi connectivity index (χ3v) is 4.75. The number of allylic oxidation sites excluding steroid dienone is 2. The Morgan fingerprint density at radius 1 is 1.17 bits per heavy atom. The molecule has 5 nitrogen and oxygen atoms in total. The van der Waals surface area contributed by atoms with Gasteiger partial charge in [-0.25, -0.2) is 4.98 Å². The Morgan fingerprint density at radius 2 is 1.93 bits per heavy atom. The molecule has 0 radical (unpaired) electrons. The maximum absolute atomic E-state index is 13.0. The molecule has 29 heavy (non-hydrogen) atoms. The van der Waals surface area contributed by atoms with Crippen LogP contribution in [-0.4, -0.2) is 25.1 Å². The first-order valence-electron chi connectivity index (χ1n) is 9.34. The van der Waals surface area contributed by atoms with Crippen LogP contribution >= 0.6 is 11.6 Å². The Hall–Kier alpha value is -2.79. The van der Waals surface area contributed by atoms with E-state index in [1.54, 1.807) is 32.4 Å². The number of benzene rings is 1. The lowest BCUT2D eigenvalue weighted by atomic mass is 10.0. The summed E-state index contributed by atoms with van der Waals surface area (Å²) in [6.07, 6.45) is 5.69. The van der Waals surface area contributed by atoms with E-state index >= 15 is 0 Å². The number of rotatable bonds is 10. The highest BCUT2D eigenvalue weighted by atomic mass is 35.5. The molecule has 154 valence electrons. The number of carbonyl (C=O) groups is 1. The number of pyridine rings is 1. The number of ether oxygens (including phenoxy) is 2. The van der Waals surface area contributed by atoms with Crippen LogP contribution in [0.3, 0.4) is 0 Å². The fourth-order valence-corrected chi connectivity index (χ4v) is 3.40. The van der Waals surface area contributed by atoms with Crippen LogP contribution in [0.2, 0.25) is 5.02 Å². The second-order valence-electron chi connectivity index (χ2n) is 6.55. The molecule has 0 saturated carbocycles. The average molecular weight is 415 g/mol. The van der Waals surface area contributed by atoms with Crippen molar-refractivity contribution < 1.29 is 14.3 Å². The number of nitrogens with zero attached hydrogens (tertiary/aromatic N) is 1. The quantitative estimate of drug-likeness (QED) is 0.565. The normalized spacial score (nSPS) is 10.3. The van der Waals surface area contributed by atoms with Gasteiger partial charge in [0.1, 0.15) is 5.75 Å². The number of methoxy groups -OCH3 is 2. The standard InChI is InChI=1S/C23H27ClN2O3/c1-6-8-10-16-11-15(3)26-23(29-5)20(16)14-25-22(27)19-12-17(24)13-21(28-4)18(19)9-7-2/h6-7,11-13H,1-2,8-10,14H2,3-5H3,(H,25,27). The summed E-state index contributed by atoms with van der Waals surface area (Å²) < 4.78 is 10.9. The summed E-state index contributed by atoms with van der Waals surface area (Å²) in [5.74, 6) is 0.822. The molecule has 1 N–H and O–H groups in total. The van der Waals surface area contributed by atoms with E-state index in [1.807, 2.05) is 19.1 Å². The van der Waals surface area contributed by atoms with Gasteiger partial charge < -0.3 is 14.8 Å². The van der Waals surface area contributed by atoms with Gasteiger partial charge in [-0.15, -0.1) is 13.2 Å². The van der Waals surface area contributed by atoms with Gasteiger partial charge >= 0.3 is 0 Å². The summed E-state index contributed by atoms with van der Waals surface area (Å²) in [5, 5.41) is 3.40. The van der Waals surface area contributed by atoms with E-state index < -0.39 is 0 Å². The van der Waals surface area contributed by atoms with Crippen LogP contribution in [0.1, 0.15) is 39.2 Å². The van der Waals surface area contributed by atoms with Crippen molar-refractivity contribution >= 4 is 17.5 Å². The monoisotopic (exact) mass is 414 g/mol. The van der Waals surface area contributed by atoms with Crippen molar-refractivity contribution in [1.82, 2.24) is 10.3 Å². The van der Waals surface area contributed by atoms with Crippen molar-refractivity contribution in [2.75, 3.05) is 14.2 Å². The Balaban J connectivity index is 2.35. The van der Waals surface area contributed by atoms with E-state index in [2.05, 4.69) is 23.5 Å². The predicted octanol–water partition coefficient (Wildman–Crippen LogP) is 4.84. The van der Waals surface area contributed by atoms with E-state index in [0.717, 1.165) is 35.2 Å². The SMILES string of the molecule is C=CCCc1cc(C)nc(OC)c1CNC(=O)c1cc(Cl)cc(OC)c1CC=C. The van der Waals surface area contributed by atoms with Gasteiger partial charge in [-0.05, 0) is 49.9 Å². The summed E-state index contributed by atoms with van der Waals surface area (Å²) >= 11 is 6.18. The average Bonchev–Trinajstić information content (AvgIpc) is 2.71. The van der Waals surface area contributed by atoms with Crippen molar-refractivity contribution in [3.8, 4) is 11.6 Å². The molecule has 1 aromatic heterocycles. The van der Waals surface area contributed by atoms with Crippen molar-refractivity contribution in [3.05, 3.63) is 76.5 Å². The smallest absolute Gasteiger partial charge is 0.252 e. The third-order valence-electron chi connectivity index (χ3n) is 4.53. The maximum Gasteiger partial charge on any atom is 0.252 e. The zero-order valence-corrected chi connectivity index (χ0v) is 17.9. The second-order valence-corrected chi connectivity index (χ2v) is 6.98. The molecule has 0 unspecified atom stereocenters. The Morgan fingerprint density at radius 3 is 2.55 bits per heavy atom. The van der Waals surface area contributed by atoms with Crippen molar-refractivity contribution in [2.45, 2.75) is 32.7 Å². The number of hydrogen-bond acceptors (Lipinski definition) is 4. The van der Waals surface area contributed by atoms with E-state index in [9.17, 15) is 4.79 Å². The minimum Gasteiger partial charge on any atom is -0.496 e. The van der Waals surface area contributed by atoms with Crippen LogP contribution in [0, 0.1) is 6.92 Å². The molecule has 1 aromatic carbocycles. The molecule has 0 aliphatic carbocycles. The van der Waals surface area contributed by atoms with Gasteiger partial charge in [-0.2, -0.15) is 0 Å². The molecular formula is C23H27ClN2O3. The van der Waals surface area contributed by atoms with Gasteiger partial charge in [0.15, 0.2) is 0 Å². The van der Waals surface area contributed by atoms with Gasteiger partial charge in [-0.1, -0.05) is 23.8 Å². The zero-order valence-electron chi connectivity index (χ0n) is 17.2. The molecule has 0 bridgehead atoms. The molecule has 1 amide bonds. The van der Waals surface area contributed by atoms with Crippen LogP contribution < -0.4 is 14.8 Å². The first kappa shape index (κ1) is 22.5.